The van der Waals surface area contributed by atoms with Crippen LogP contribution in [0.15, 0.2) is 47.4 Å². The van der Waals surface area contributed by atoms with E-state index in [0.717, 1.165) is 16.6 Å². The molecule has 19 heavy (non-hydrogen) atoms. The summed E-state index contributed by atoms with van der Waals surface area (Å²) >= 11 is 0. The fourth-order valence-electron chi connectivity index (χ4n) is 1.97. The lowest BCUT2D eigenvalue weighted by atomic mass is 10.2. The van der Waals surface area contributed by atoms with Crippen molar-refractivity contribution in [3.8, 4) is 0 Å². The lowest BCUT2D eigenvalue weighted by Crippen LogP contribution is -2.10. The van der Waals surface area contributed by atoms with Crippen molar-refractivity contribution in [2.45, 2.75) is 6.92 Å². The highest BCUT2D eigenvalue weighted by molar-refractivity contribution is 5.91. The Bertz CT molecular complexity index is 789. The number of aromatic nitrogens is 3. The van der Waals surface area contributed by atoms with E-state index < -0.39 is 0 Å². The van der Waals surface area contributed by atoms with Crippen molar-refractivity contribution in [2.24, 2.45) is 0 Å². The molecule has 2 heterocycles. The molecule has 0 fully saturated rings. The largest absolute Gasteiger partial charge is 0.324 e. The molecule has 94 valence electrons. The predicted molar refractivity (Wildman–Crippen MR) is 74.6 cm³/mol. The second-order valence-corrected chi connectivity index (χ2v) is 4.24. The predicted octanol–water partition coefficient (Wildman–Crippen LogP) is 2.37. The lowest BCUT2D eigenvalue weighted by molar-refractivity contribution is 1.07. The fourth-order valence-corrected chi connectivity index (χ4v) is 1.97. The van der Waals surface area contributed by atoms with Crippen LogP contribution in [0.25, 0.3) is 10.9 Å². The summed E-state index contributed by atoms with van der Waals surface area (Å²) in [6.45, 7) is 1.78. The number of nitrogens with zero attached hydrogens (tertiary/aromatic N) is 2. The van der Waals surface area contributed by atoms with Gasteiger partial charge in [0.15, 0.2) is 0 Å². The van der Waals surface area contributed by atoms with Gasteiger partial charge in [-0.3, -0.25) is 14.8 Å². The number of pyridine rings is 1. The number of aryl methyl sites for hydroxylation is 1. The smallest absolute Gasteiger partial charge is 0.252 e. The van der Waals surface area contributed by atoms with Crippen LogP contribution in [0.5, 0.6) is 0 Å². The number of fused-ring (bicyclic) bond motifs is 1. The third-order valence-electron chi connectivity index (χ3n) is 2.76. The molecule has 0 bridgehead atoms. The Morgan fingerprint density at radius 3 is 2.89 bits per heavy atom. The Morgan fingerprint density at radius 1 is 1.21 bits per heavy atom. The number of aromatic amines is 1. The summed E-state index contributed by atoms with van der Waals surface area (Å²) in [4.78, 5) is 22.7. The van der Waals surface area contributed by atoms with Crippen LogP contribution in [0.4, 0.5) is 11.6 Å². The van der Waals surface area contributed by atoms with E-state index in [9.17, 15) is 4.79 Å². The highest BCUT2D eigenvalue weighted by atomic mass is 16.1. The molecule has 0 radical (unpaired) electrons. The molecule has 0 aliphatic rings. The van der Waals surface area contributed by atoms with Crippen molar-refractivity contribution in [2.75, 3.05) is 5.32 Å². The first kappa shape index (κ1) is 11.4. The summed E-state index contributed by atoms with van der Waals surface area (Å²) in [5.74, 6) is 0.420. The van der Waals surface area contributed by atoms with Gasteiger partial charge in [0, 0.05) is 23.3 Å². The van der Waals surface area contributed by atoms with Crippen molar-refractivity contribution in [1.29, 1.82) is 0 Å². The van der Waals surface area contributed by atoms with Crippen LogP contribution in [0.3, 0.4) is 0 Å². The molecule has 0 aliphatic carbocycles. The highest BCUT2D eigenvalue weighted by Gasteiger charge is 2.04. The summed E-state index contributed by atoms with van der Waals surface area (Å²) in [6, 6.07) is 11.1. The van der Waals surface area contributed by atoms with Crippen molar-refractivity contribution < 1.29 is 0 Å². The summed E-state index contributed by atoms with van der Waals surface area (Å²) < 4.78 is 0. The molecule has 5 nitrogen and oxygen atoms in total. The van der Waals surface area contributed by atoms with Gasteiger partial charge in [0.25, 0.3) is 5.56 Å². The van der Waals surface area contributed by atoms with Gasteiger partial charge in [0.05, 0.1) is 11.2 Å². The second kappa shape index (κ2) is 4.53. The Morgan fingerprint density at radius 2 is 2.05 bits per heavy atom. The van der Waals surface area contributed by atoms with Crippen molar-refractivity contribution in [3.05, 3.63) is 58.6 Å². The van der Waals surface area contributed by atoms with E-state index in [1.165, 1.54) is 6.07 Å². The van der Waals surface area contributed by atoms with Gasteiger partial charge < -0.3 is 5.32 Å². The fraction of sp³-hybridized carbons (Fsp3) is 0.0714. The topological polar surface area (TPSA) is 70.7 Å². The number of hydrogen-bond donors (Lipinski definition) is 2. The number of rotatable bonds is 2. The maximum atomic E-state index is 11.4. The molecule has 2 N–H and O–H groups in total. The molecule has 0 amide bonds. The first-order valence-electron chi connectivity index (χ1n) is 5.91. The van der Waals surface area contributed by atoms with E-state index in [4.69, 9.17) is 0 Å². The molecular formula is C14H12N4O. The molecule has 0 atom stereocenters. The van der Waals surface area contributed by atoms with Crippen LogP contribution in [-0.2, 0) is 0 Å². The van der Waals surface area contributed by atoms with E-state index in [-0.39, 0.29) is 5.56 Å². The quantitative estimate of drug-likeness (QED) is 0.734. The normalized spacial score (nSPS) is 10.6. The molecule has 3 aromatic rings. The minimum Gasteiger partial charge on any atom is -0.324 e. The molecule has 2 aromatic heterocycles. The van der Waals surface area contributed by atoms with Crippen LogP contribution < -0.4 is 10.9 Å². The van der Waals surface area contributed by atoms with Gasteiger partial charge in [-0.05, 0) is 19.1 Å². The van der Waals surface area contributed by atoms with Gasteiger partial charge in [-0.25, -0.2) is 4.98 Å². The lowest BCUT2D eigenvalue weighted by Gasteiger charge is -2.08. The van der Waals surface area contributed by atoms with E-state index in [2.05, 4.69) is 20.3 Å². The van der Waals surface area contributed by atoms with E-state index in [1.807, 2.05) is 30.3 Å². The van der Waals surface area contributed by atoms with Crippen molar-refractivity contribution in [1.82, 2.24) is 15.0 Å². The van der Waals surface area contributed by atoms with Gasteiger partial charge in [0.2, 0.25) is 5.95 Å². The molecule has 0 unspecified atom stereocenters. The third-order valence-corrected chi connectivity index (χ3v) is 2.76. The van der Waals surface area contributed by atoms with E-state index in [1.54, 1.807) is 13.1 Å². The second-order valence-electron chi connectivity index (χ2n) is 4.24. The molecule has 3 rings (SSSR count). The number of para-hydroxylation sites is 1. The van der Waals surface area contributed by atoms with Gasteiger partial charge in [-0.1, -0.05) is 18.2 Å². The summed E-state index contributed by atoms with van der Waals surface area (Å²) in [5, 5.41) is 4.13. The van der Waals surface area contributed by atoms with Crippen LogP contribution in [-0.4, -0.2) is 15.0 Å². The SMILES string of the molecule is Cc1cc(=O)[nH]c(Nc2cccc3cccnc23)n1. The molecule has 0 saturated heterocycles. The summed E-state index contributed by atoms with van der Waals surface area (Å²) in [5.41, 5.74) is 2.14. The van der Waals surface area contributed by atoms with Gasteiger partial charge in [-0.15, -0.1) is 0 Å². The molecule has 1 aromatic carbocycles. The standard InChI is InChI=1S/C14H12N4O/c1-9-8-12(19)18-14(16-9)17-11-6-2-4-10-5-3-7-15-13(10)11/h2-8H,1H3,(H2,16,17,18,19). The molecule has 5 heteroatoms. The minimum absolute atomic E-state index is 0.178. The summed E-state index contributed by atoms with van der Waals surface area (Å²) in [7, 11) is 0. The zero-order valence-corrected chi connectivity index (χ0v) is 10.3. The maximum absolute atomic E-state index is 11.4. The average Bonchev–Trinajstić information content (AvgIpc) is 2.38. The Balaban J connectivity index is 2.08. The number of hydrogen-bond acceptors (Lipinski definition) is 4. The third kappa shape index (κ3) is 2.30. The van der Waals surface area contributed by atoms with Gasteiger partial charge in [-0.2, -0.15) is 0 Å². The Labute approximate surface area is 109 Å². The first-order valence-corrected chi connectivity index (χ1v) is 5.91. The number of benzene rings is 1. The number of H-pyrrole nitrogens is 1. The Kier molecular flexibility index (Phi) is 2.72. The minimum atomic E-state index is -0.178. The van der Waals surface area contributed by atoms with Crippen LogP contribution in [0.1, 0.15) is 5.69 Å². The van der Waals surface area contributed by atoms with Gasteiger partial charge >= 0.3 is 0 Å². The molecular weight excluding hydrogens is 240 g/mol. The van der Waals surface area contributed by atoms with Crippen molar-refractivity contribution >= 4 is 22.5 Å². The maximum Gasteiger partial charge on any atom is 0.252 e. The van der Waals surface area contributed by atoms with Gasteiger partial charge in [0.1, 0.15) is 0 Å². The van der Waals surface area contributed by atoms with Crippen LogP contribution >= 0.6 is 0 Å². The number of anilines is 2. The monoisotopic (exact) mass is 252 g/mol. The van der Waals surface area contributed by atoms with E-state index >= 15 is 0 Å². The van der Waals surface area contributed by atoms with Crippen LogP contribution in [0, 0.1) is 6.92 Å². The van der Waals surface area contributed by atoms with E-state index in [0.29, 0.717) is 11.6 Å². The first-order chi connectivity index (χ1) is 9.22. The molecule has 0 saturated carbocycles. The zero-order chi connectivity index (χ0) is 13.2. The Hall–Kier alpha value is -2.69. The van der Waals surface area contributed by atoms with Crippen LogP contribution in [0.2, 0.25) is 0 Å². The molecule has 0 spiro atoms. The number of nitrogens with one attached hydrogen (secondary N) is 2. The van der Waals surface area contributed by atoms with Crippen molar-refractivity contribution in [3.63, 3.8) is 0 Å². The highest BCUT2D eigenvalue weighted by Crippen LogP contribution is 2.22. The average molecular weight is 252 g/mol. The summed E-state index contributed by atoms with van der Waals surface area (Å²) in [6.07, 6.45) is 1.74. The zero-order valence-electron chi connectivity index (χ0n) is 10.3. The molecule has 0 aliphatic heterocycles.